The topological polar surface area (TPSA) is 12.0 Å². The van der Waals surface area contributed by atoms with Crippen LogP contribution >= 0.6 is 11.8 Å². The lowest BCUT2D eigenvalue weighted by atomic mass is 9.77. The Hall–Kier alpha value is 0.310. The fourth-order valence-corrected chi connectivity index (χ4v) is 3.43. The fourth-order valence-electron chi connectivity index (χ4n) is 2.83. The summed E-state index contributed by atoms with van der Waals surface area (Å²) < 4.78 is 0. The highest BCUT2D eigenvalue weighted by atomic mass is 32.2. The number of hydrogen-bond donors (Lipinski definition) is 1. The van der Waals surface area contributed by atoms with Crippen molar-refractivity contribution < 1.29 is 0 Å². The first-order chi connectivity index (χ1) is 7.17. The van der Waals surface area contributed by atoms with E-state index in [0.717, 1.165) is 17.9 Å². The number of hydrogen-bond acceptors (Lipinski definition) is 2. The predicted octanol–water partition coefficient (Wildman–Crippen LogP) is 3.54. The van der Waals surface area contributed by atoms with Crippen molar-refractivity contribution in [1.82, 2.24) is 5.32 Å². The first-order valence-corrected chi connectivity index (χ1v) is 7.81. The van der Waals surface area contributed by atoms with Gasteiger partial charge in [0.05, 0.1) is 0 Å². The van der Waals surface area contributed by atoms with Gasteiger partial charge in [-0.2, -0.15) is 11.8 Å². The Bertz CT molecular complexity index is 172. The maximum atomic E-state index is 3.82. The van der Waals surface area contributed by atoms with E-state index < -0.39 is 0 Å². The van der Waals surface area contributed by atoms with Crippen LogP contribution in [0.5, 0.6) is 0 Å². The maximum Gasteiger partial charge on any atom is 0.0132 e. The summed E-state index contributed by atoms with van der Waals surface area (Å²) >= 11 is 1.95. The largest absolute Gasteiger partial charge is 0.310 e. The van der Waals surface area contributed by atoms with E-state index >= 15 is 0 Å². The van der Waals surface area contributed by atoms with Gasteiger partial charge in [-0.25, -0.2) is 0 Å². The predicted molar refractivity (Wildman–Crippen MR) is 71.6 cm³/mol. The van der Waals surface area contributed by atoms with Crippen LogP contribution < -0.4 is 5.32 Å². The summed E-state index contributed by atoms with van der Waals surface area (Å²) in [5.41, 5.74) is 0. The van der Waals surface area contributed by atoms with Gasteiger partial charge in [-0.15, -0.1) is 0 Å². The van der Waals surface area contributed by atoms with Crippen molar-refractivity contribution in [3.8, 4) is 0 Å². The molecule has 90 valence electrons. The van der Waals surface area contributed by atoms with Crippen LogP contribution in [0.3, 0.4) is 0 Å². The zero-order valence-electron chi connectivity index (χ0n) is 10.8. The first-order valence-electron chi connectivity index (χ1n) is 6.42. The molecule has 2 heteroatoms. The zero-order valence-corrected chi connectivity index (χ0v) is 11.6. The van der Waals surface area contributed by atoms with Gasteiger partial charge >= 0.3 is 0 Å². The van der Waals surface area contributed by atoms with Crippen LogP contribution in [0.1, 0.15) is 46.5 Å². The number of thioether (sulfide) groups is 1. The Morgan fingerprint density at radius 3 is 2.73 bits per heavy atom. The molecule has 0 aromatic rings. The van der Waals surface area contributed by atoms with E-state index in [1.807, 2.05) is 11.8 Å². The second-order valence-corrected chi connectivity index (χ2v) is 6.13. The molecule has 1 rings (SSSR count). The molecule has 1 aliphatic carbocycles. The molecule has 1 saturated carbocycles. The van der Waals surface area contributed by atoms with Crippen LogP contribution in [0.25, 0.3) is 0 Å². The lowest BCUT2D eigenvalue weighted by molar-refractivity contribution is 0.200. The minimum atomic E-state index is 0.674. The molecule has 0 aromatic heterocycles. The molecule has 0 aromatic carbocycles. The molecule has 1 fully saturated rings. The second-order valence-electron chi connectivity index (χ2n) is 5.22. The Morgan fingerprint density at radius 1 is 1.40 bits per heavy atom. The van der Waals surface area contributed by atoms with Gasteiger partial charge in [0.1, 0.15) is 0 Å². The lowest BCUT2D eigenvalue weighted by Crippen LogP contribution is -2.45. The summed E-state index contributed by atoms with van der Waals surface area (Å²) in [6.07, 6.45) is 7.77. The van der Waals surface area contributed by atoms with Crippen molar-refractivity contribution in [3.63, 3.8) is 0 Å². The van der Waals surface area contributed by atoms with E-state index in [-0.39, 0.29) is 0 Å². The highest BCUT2D eigenvalue weighted by molar-refractivity contribution is 7.98. The molecule has 0 amide bonds. The average Bonchev–Trinajstić information content (AvgIpc) is 2.21. The van der Waals surface area contributed by atoms with Crippen LogP contribution in [0.4, 0.5) is 0 Å². The molecule has 0 aliphatic heterocycles. The SMILES string of the molecule is CCC1CC(C)CCC1NC(C)CSC. The van der Waals surface area contributed by atoms with Crippen molar-refractivity contribution in [2.45, 2.75) is 58.5 Å². The van der Waals surface area contributed by atoms with Crippen LogP contribution in [0, 0.1) is 11.8 Å². The molecule has 1 nitrogen and oxygen atoms in total. The highest BCUT2D eigenvalue weighted by Crippen LogP contribution is 2.31. The number of rotatable bonds is 5. The van der Waals surface area contributed by atoms with Crippen LogP contribution in [0.2, 0.25) is 0 Å². The first kappa shape index (κ1) is 13.4. The van der Waals surface area contributed by atoms with Gasteiger partial charge < -0.3 is 5.32 Å². The molecule has 0 radical (unpaired) electrons. The molecule has 0 saturated heterocycles. The summed E-state index contributed by atoms with van der Waals surface area (Å²) in [5, 5.41) is 3.82. The molecular weight excluding hydrogens is 202 g/mol. The van der Waals surface area contributed by atoms with Crippen molar-refractivity contribution >= 4 is 11.8 Å². The van der Waals surface area contributed by atoms with Gasteiger partial charge in [0.15, 0.2) is 0 Å². The van der Waals surface area contributed by atoms with Gasteiger partial charge in [0, 0.05) is 17.8 Å². The van der Waals surface area contributed by atoms with E-state index in [4.69, 9.17) is 0 Å². The van der Waals surface area contributed by atoms with Crippen molar-refractivity contribution in [1.29, 1.82) is 0 Å². The molecule has 1 N–H and O–H groups in total. The molecule has 0 spiro atoms. The van der Waals surface area contributed by atoms with E-state index in [1.54, 1.807) is 0 Å². The Labute approximate surface area is 99.8 Å². The molecule has 1 aliphatic rings. The fraction of sp³-hybridized carbons (Fsp3) is 1.00. The van der Waals surface area contributed by atoms with Crippen LogP contribution in [-0.2, 0) is 0 Å². The van der Waals surface area contributed by atoms with Gasteiger partial charge in [-0.1, -0.05) is 20.3 Å². The summed E-state index contributed by atoms with van der Waals surface area (Å²) in [5.74, 6) is 3.10. The summed E-state index contributed by atoms with van der Waals surface area (Å²) in [4.78, 5) is 0. The summed E-state index contributed by atoms with van der Waals surface area (Å²) in [7, 11) is 0. The summed E-state index contributed by atoms with van der Waals surface area (Å²) in [6.45, 7) is 7.07. The van der Waals surface area contributed by atoms with Crippen LogP contribution in [0.15, 0.2) is 0 Å². The minimum absolute atomic E-state index is 0.674. The normalized spacial score (nSPS) is 34.0. The Balaban J connectivity index is 2.38. The molecular formula is C13H27NS. The molecule has 4 unspecified atom stereocenters. The second kappa shape index (κ2) is 6.80. The average molecular weight is 229 g/mol. The molecule has 0 bridgehead atoms. The van der Waals surface area contributed by atoms with Gasteiger partial charge in [0.2, 0.25) is 0 Å². The monoisotopic (exact) mass is 229 g/mol. The van der Waals surface area contributed by atoms with E-state index in [0.29, 0.717) is 6.04 Å². The van der Waals surface area contributed by atoms with Gasteiger partial charge in [0.25, 0.3) is 0 Å². The van der Waals surface area contributed by atoms with E-state index in [9.17, 15) is 0 Å². The van der Waals surface area contributed by atoms with E-state index in [2.05, 4.69) is 32.3 Å². The highest BCUT2D eigenvalue weighted by Gasteiger charge is 2.27. The quantitative estimate of drug-likeness (QED) is 0.774. The molecule has 15 heavy (non-hydrogen) atoms. The van der Waals surface area contributed by atoms with Crippen molar-refractivity contribution in [2.24, 2.45) is 11.8 Å². The van der Waals surface area contributed by atoms with Crippen LogP contribution in [-0.4, -0.2) is 24.1 Å². The lowest BCUT2D eigenvalue weighted by Gasteiger charge is -2.36. The minimum Gasteiger partial charge on any atom is -0.310 e. The third kappa shape index (κ3) is 4.36. The third-order valence-corrected chi connectivity index (χ3v) is 4.52. The Morgan fingerprint density at radius 2 is 2.13 bits per heavy atom. The maximum absolute atomic E-state index is 3.82. The zero-order chi connectivity index (χ0) is 11.3. The van der Waals surface area contributed by atoms with Crippen molar-refractivity contribution in [2.75, 3.05) is 12.0 Å². The standard InChI is InChI=1S/C13H27NS/c1-5-12-8-10(2)6-7-13(12)14-11(3)9-15-4/h10-14H,5-9H2,1-4H3. The molecule has 4 atom stereocenters. The van der Waals surface area contributed by atoms with Crippen molar-refractivity contribution in [3.05, 3.63) is 0 Å². The summed E-state index contributed by atoms with van der Waals surface area (Å²) in [6, 6.07) is 1.46. The van der Waals surface area contributed by atoms with Gasteiger partial charge in [-0.05, 0) is 44.3 Å². The van der Waals surface area contributed by atoms with Gasteiger partial charge in [-0.3, -0.25) is 0 Å². The molecule has 0 heterocycles. The Kier molecular flexibility index (Phi) is 6.06. The third-order valence-electron chi connectivity index (χ3n) is 3.68. The number of nitrogens with one attached hydrogen (secondary N) is 1. The van der Waals surface area contributed by atoms with E-state index in [1.165, 1.54) is 31.4 Å². The smallest absolute Gasteiger partial charge is 0.0132 e.